The Kier molecular flexibility index (Phi) is 8.14. The second-order valence-electron chi connectivity index (χ2n) is 9.49. The molecular weight excluding hydrogens is 486 g/mol. The summed E-state index contributed by atoms with van der Waals surface area (Å²) in [6.45, 7) is 4.31. The van der Waals surface area contributed by atoms with Crippen molar-refractivity contribution < 1.29 is 28.5 Å². The zero-order chi connectivity index (χ0) is 26.5. The Balaban J connectivity index is 1.56. The number of anilines is 1. The first-order chi connectivity index (χ1) is 18.6. The van der Waals surface area contributed by atoms with Gasteiger partial charge in [0.2, 0.25) is 0 Å². The predicted octanol–water partition coefficient (Wildman–Crippen LogP) is 3.92. The maximum atomic E-state index is 14.1. The van der Waals surface area contributed by atoms with Gasteiger partial charge in [0, 0.05) is 49.8 Å². The highest BCUT2D eigenvalue weighted by molar-refractivity contribution is 5.98. The van der Waals surface area contributed by atoms with Gasteiger partial charge in [0.15, 0.2) is 11.5 Å². The third-order valence-corrected chi connectivity index (χ3v) is 7.12. The van der Waals surface area contributed by atoms with E-state index in [4.69, 9.17) is 28.7 Å². The van der Waals surface area contributed by atoms with Crippen molar-refractivity contribution in [2.45, 2.75) is 25.5 Å². The lowest BCUT2D eigenvalue weighted by molar-refractivity contribution is 0.0504. The van der Waals surface area contributed by atoms with E-state index in [1.807, 2.05) is 29.2 Å². The number of carbonyl (C=O) groups is 1. The number of para-hydroxylation sites is 1. The molecule has 202 valence electrons. The molecule has 2 aliphatic rings. The summed E-state index contributed by atoms with van der Waals surface area (Å²) in [5, 5.41) is 0.987. The van der Waals surface area contributed by atoms with Crippen LogP contribution in [0.5, 0.6) is 17.2 Å². The van der Waals surface area contributed by atoms with Crippen LogP contribution in [0.3, 0.4) is 0 Å². The molecule has 9 heteroatoms. The molecule has 0 aliphatic carbocycles. The number of pyridine rings is 1. The first-order valence-corrected chi connectivity index (χ1v) is 13.0. The van der Waals surface area contributed by atoms with Gasteiger partial charge in [-0.1, -0.05) is 6.07 Å². The van der Waals surface area contributed by atoms with Gasteiger partial charge in [0.1, 0.15) is 11.6 Å². The number of aromatic nitrogens is 1. The molecule has 1 aromatic heterocycles. The normalized spacial score (nSPS) is 17.4. The van der Waals surface area contributed by atoms with Crippen molar-refractivity contribution >= 4 is 22.6 Å². The van der Waals surface area contributed by atoms with Crippen molar-refractivity contribution in [1.29, 1.82) is 0 Å². The number of fused-ring (bicyclic) bond motifs is 1. The third kappa shape index (κ3) is 5.49. The number of carbonyl (C=O) groups excluding carboxylic acids is 1. The first kappa shape index (κ1) is 26.1. The largest absolute Gasteiger partial charge is 0.497 e. The number of methoxy groups -OCH3 is 3. The second-order valence-corrected chi connectivity index (χ2v) is 9.49. The summed E-state index contributed by atoms with van der Waals surface area (Å²) in [6, 6.07) is 13.4. The van der Waals surface area contributed by atoms with Crippen molar-refractivity contribution in [3.8, 4) is 17.2 Å². The number of amides is 1. The summed E-state index contributed by atoms with van der Waals surface area (Å²) in [6.07, 6.45) is 1.90. The molecule has 2 saturated heterocycles. The summed E-state index contributed by atoms with van der Waals surface area (Å²) in [7, 11) is 4.78. The fraction of sp³-hybridized carbons (Fsp3) is 0.448. The SMILES string of the molecule is COc1ccc2cc(CN(C[C@H]3CCCO3)C(=O)c3cccc(OC)c3OC)c(N3CCOCC3)nc2c1. The summed E-state index contributed by atoms with van der Waals surface area (Å²) >= 11 is 0. The molecule has 2 aromatic carbocycles. The summed E-state index contributed by atoms with van der Waals surface area (Å²) in [5.41, 5.74) is 2.27. The molecule has 1 atom stereocenters. The minimum atomic E-state index is -0.140. The van der Waals surface area contributed by atoms with Gasteiger partial charge in [-0.05, 0) is 43.2 Å². The smallest absolute Gasteiger partial charge is 0.258 e. The van der Waals surface area contributed by atoms with E-state index >= 15 is 0 Å². The van der Waals surface area contributed by atoms with E-state index in [-0.39, 0.29) is 12.0 Å². The summed E-state index contributed by atoms with van der Waals surface area (Å²) < 4.78 is 28.1. The topological polar surface area (TPSA) is 82.6 Å². The van der Waals surface area contributed by atoms with Crippen LogP contribution in [0.1, 0.15) is 28.8 Å². The highest BCUT2D eigenvalue weighted by Crippen LogP contribution is 2.33. The lowest BCUT2D eigenvalue weighted by atomic mass is 10.1. The quantitative estimate of drug-likeness (QED) is 0.419. The molecule has 0 spiro atoms. The summed E-state index contributed by atoms with van der Waals surface area (Å²) in [4.78, 5) is 23.2. The number of nitrogens with zero attached hydrogens (tertiary/aromatic N) is 3. The molecule has 3 aromatic rings. The average Bonchev–Trinajstić information content (AvgIpc) is 3.49. The first-order valence-electron chi connectivity index (χ1n) is 13.0. The predicted molar refractivity (Wildman–Crippen MR) is 145 cm³/mol. The fourth-order valence-corrected chi connectivity index (χ4v) is 5.16. The number of rotatable bonds is 9. The Bertz CT molecular complexity index is 1270. The number of hydrogen-bond acceptors (Lipinski definition) is 8. The lowest BCUT2D eigenvalue weighted by Crippen LogP contribution is -2.40. The zero-order valence-corrected chi connectivity index (χ0v) is 22.3. The monoisotopic (exact) mass is 521 g/mol. The van der Waals surface area contributed by atoms with Crippen LogP contribution in [-0.4, -0.2) is 82.7 Å². The number of hydrogen-bond donors (Lipinski definition) is 0. The second kappa shape index (κ2) is 11.9. The molecule has 9 nitrogen and oxygen atoms in total. The Labute approximate surface area is 223 Å². The van der Waals surface area contributed by atoms with Gasteiger partial charge in [-0.2, -0.15) is 0 Å². The summed E-state index contributed by atoms with van der Waals surface area (Å²) in [5.74, 6) is 2.42. The van der Waals surface area contributed by atoms with E-state index in [9.17, 15) is 4.79 Å². The molecule has 38 heavy (non-hydrogen) atoms. The fourth-order valence-electron chi connectivity index (χ4n) is 5.16. The Morgan fingerprint density at radius 3 is 2.61 bits per heavy atom. The number of ether oxygens (including phenoxy) is 5. The number of morpholine rings is 1. The average molecular weight is 522 g/mol. The van der Waals surface area contributed by atoms with Gasteiger partial charge < -0.3 is 33.5 Å². The van der Waals surface area contributed by atoms with Crippen LogP contribution in [0, 0.1) is 0 Å². The van der Waals surface area contributed by atoms with Crippen molar-refractivity contribution in [3.63, 3.8) is 0 Å². The number of benzene rings is 2. The van der Waals surface area contributed by atoms with E-state index in [1.165, 1.54) is 0 Å². The van der Waals surface area contributed by atoms with Crippen LogP contribution in [0.4, 0.5) is 5.82 Å². The van der Waals surface area contributed by atoms with E-state index in [2.05, 4.69) is 11.0 Å². The molecule has 2 aliphatic heterocycles. The zero-order valence-electron chi connectivity index (χ0n) is 22.3. The molecule has 1 amide bonds. The minimum Gasteiger partial charge on any atom is -0.497 e. The third-order valence-electron chi connectivity index (χ3n) is 7.12. The van der Waals surface area contributed by atoms with Crippen molar-refractivity contribution in [3.05, 3.63) is 53.6 Å². The maximum absolute atomic E-state index is 14.1. The van der Waals surface area contributed by atoms with Crippen LogP contribution in [0.2, 0.25) is 0 Å². The molecular formula is C29H35N3O6. The van der Waals surface area contributed by atoms with Crippen molar-refractivity contribution in [2.75, 3.05) is 65.7 Å². The minimum absolute atomic E-state index is 0.0138. The van der Waals surface area contributed by atoms with Crippen molar-refractivity contribution in [1.82, 2.24) is 9.88 Å². The van der Waals surface area contributed by atoms with Gasteiger partial charge in [-0.15, -0.1) is 0 Å². The van der Waals surface area contributed by atoms with Crippen LogP contribution >= 0.6 is 0 Å². The van der Waals surface area contributed by atoms with Gasteiger partial charge >= 0.3 is 0 Å². The van der Waals surface area contributed by atoms with Crippen LogP contribution in [0.25, 0.3) is 10.9 Å². The van der Waals surface area contributed by atoms with Crippen LogP contribution in [-0.2, 0) is 16.0 Å². The van der Waals surface area contributed by atoms with Gasteiger partial charge in [-0.25, -0.2) is 4.98 Å². The maximum Gasteiger partial charge on any atom is 0.258 e. The molecule has 0 radical (unpaired) electrons. The van der Waals surface area contributed by atoms with E-state index < -0.39 is 0 Å². The van der Waals surface area contributed by atoms with Crippen molar-refractivity contribution in [2.24, 2.45) is 0 Å². The van der Waals surface area contributed by atoms with E-state index in [0.29, 0.717) is 50.0 Å². The van der Waals surface area contributed by atoms with Crippen LogP contribution < -0.4 is 19.1 Å². The molecule has 0 saturated carbocycles. The highest BCUT2D eigenvalue weighted by atomic mass is 16.5. The van der Waals surface area contributed by atoms with Gasteiger partial charge in [-0.3, -0.25) is 4.79 Å². The Morgan fingerprint density at radius 1 is 1.05 bits per heavy atom. The highest BCUT2D eigenvalue weighted by Gasteiger charge is 2.28. The van der Waals surface area contributed by atoms with E-state index in [1.54, 1.807) is 33.5 Å². The Hall–Kier alpha value is -3.56. The standard InChI is InChI=1S/C29H35N3O6/c1-34-22-10-9-20-16-21(28(30-25(20)17-22)31-11-14-37-15-12-31)18-32(19-23-6-5-13-38-23)29(33)24-7-4-8-26(35-2)27(24)36-3/h4,7-10,16-17,23H,5-6,11-15,18-19H2,1-3H3/t23-/m1/s1. The van der Waals surface area contributed by atoms with Gasteiger partial charge in [0.05, 0.1) is 51.7 Å². The molecule has 0 N–H and O–H groups in total. The molecule has 3 heterocycles. The van der Waals surface area contributed by atoms with Crippen LogP contribution in [0.15, 0.2) is 42.5 Å². The van der Waals surface area contributed by atoms with Gasteiger partial charge in [0.25, 0.3) is 5.91 Å². The molecule has 2 fully saturated rings. The van der Waals surface area contributed by atoms with E-state index in [0.717, 1.165) is 54.0 Å². The Morgan fingerprint density at radius 2 is 1.89 bits per heavy atom. The molecule has 0 unspecified atom stereocenters. The lowest BCUT2D eigenvalue weighted by Gasteiger charge is -2.32. The molecule has 0 bridgehead atoms. The molecule has 5 rings (SSSR count).